The molecule has 0 bridgehead atoms. The number of sulfonamides is 1. The van der Waals surface area contributed by atoms with Crippen molar-refractivity contribution in [1.29, 1.82) is 0 Å². The monoisotopic (exact) mass is 404 g/mol. The molecule has 0 heterocycles. The Morgan fingerprint density at radius 1 is 1.07 bits per heavy atom. The van der Waals surface area contributed by atoms with Crippen LogP contribution in [0.2, 0.25) is 0 Å². The van der Waals surface area contributed by atoms with Gasteiger partial charge in [-0.1, -0.05) is 26.0 Å². The van der Waals surface area contributed by atoms with Crippen LogP contribution < -0.4 is 14.8 Å². The number of nitrogens with one attached hydrogen (secondary N) is 2. The van der Waals surface area contributed by atoms with Crippen LogP contribution in [0.5, 0.6) is 5.75 Å². The number of carbonyl (C=O) groups is 1. The van der Waals surface area contributed by atoms with E-state index in [1.54, 1.807) is 18.2 Å². The van der Waals surface area contributed by atoms with E-state index in [1.165, 1.54) is 12.1 Å². The molecular formula is C21H28N2O4S. The Morgan fingerprint density at radius 2 is 1.75 bits per heavy atom. The lowest BCUT2D eigenvalue weighted by Gasteiger charge is -2.12. The number of amides is 1. The minimum absolute atomic E-state index is 0.106. The maximum Gasteiger partial charge on any atom is 0.261 e. The fraction of sp³-hybridized carbons (Fsp3) is 0.381. The van der Waals surface area contributed by atoms with Gasteiger partial charge >= 0.3 is 0 Å². The highest BCUT2D eigenvalue weighted by molar-refractivity contribution is 7.92. The summed E-state index contributed by atoms with van der Waals surface area (Å²) in [5.41, 5.74) is 2.37. The molecule has 152 valence electrons. The van der Waals surface area contributed by atoms with E-state index in [-0.39, 0.29) is 17.4 Å². The third-order valence-electron chi connectivity index (χ3n) is 4.19. The molecule has 0 saturated heterocycles. The topological polar surface area (TPSA) is 84.5 Å². The maximum absolute atomic E-state index is 12.6. The Kier molecular flexibility index (Phi) is 7.45. The second-order valence-electron chi connectivity index (χ2n) is 7.22. The summed E-state index contributed by atoms with van der Waals surface area (Å²) in [6.45, 7) is 8.44. The number of aryl methyl sites for hydroxylation is 2. The molecule has 2 rings (SSSR count). The van der Waals surface area contributed by atoms with Gasteiger partial charge in [0.2, 0.25) is 0 Å². The van der Waals surface area contributed by atoms with Crippen LogP contribution in [0.3, 0.4) is 0 Å². The summed E-state index contributed by atoms with van der Waals surface area (Å²) in [7, 11) is -3.71. The number of hydrogen-bond donors (Lipinski definition) is 2. The zero-order chi connectivity index (χ0) is 20.7. The van der Waals surface area contributed by atoms with Crippen LogP contribution in [0.1, 0.15) is 31.4 Å². The van der Waals surface area contributed by atoms with Crippen LogP contribution in [-0.4, -0.2) is 27.5 Å². The number of rotatable bonds is 9. The van der Waals surface area contributed by atoms with E-state index < -0.39 is 10.0 Å². The minimum Gasteiger partial charge on any atom is -0.484 e. The molecule has 0 spiro atoms. The zero-order valence-corrected chi connectivity index (χ0v) is 17.6. The lowest BCUT2D eigenvalue weighted by molar-refractivity contribution is -0.123. The lowest BCUT2D eigenvalue weighted by Crippen LogP contribution is -2.30. The molecule has 2 aromatic carbocycles. The van der Waals surface area contributed by atoms with Crippen molar-refractivity contribution in [1.82, 2.24) is 5.32 Å². The molecule has 0 aliphatic carbocycles. The number of hydrogen-bond acceptors (Lipinski definition) is 4. The van der Waals surface area contributed by atoms with E-state index in [4.69, 9.17) is 4.74 Å². The fourth-order valence-corrected chi connectivity index (χ4v) is 3.59. The van der Waals surface area contributed by atoms with Gasteiger partial charge in [-0.15, -0.1) is 0 Å². The molecule has 0 aliphatic heterocycles. The van der Waals surface area contributed by atoms with Crippen molar-refractivity contribution < 1.29 is 17.9 Å². The van der Waals surface area contributed by atoms with Crippen molar-refractivity contribution in [3.8, 4) is 5.75 Å². The summed E-state index contributed by atoms with van der Waals surface area (Å²) in [5.74, 6) is 0.756. The zero-order valence-electron chi connectivity index (χ0n) is 16.8. The fourth-order valence-electron chi connectivity index (χ4n) is 2.46. The quantitative estimate of drug-likeness (QED) is 0.668. The summed E-state index contributed by atoms with van der Waals surface area (Å²) < 4.78 is 33.2. The van der Waals surface area contributed by atoms with E-state index in [0.29, 0.717) is 23.9 Å². The van der Waals surface area contributed by atoms with Gasteiger partial charge < -0.3 is 10.1 Å². The van der Waals surface area contributed by atoms with Gasteiger partial charge in [-0.25, -0.2) is 8.42 Å². The summed E-state index contributed by atoms with van der Waals surface area (Å²) in [4.78, 5) is 11.9. The number of anilines is 1. The molecule has 0 radical (unpaired) electrons. The lowest BCUT2D eigenvalue weighted by atomic mass is 10.1. The molecule has 7 heteroatoms. The summed E-state index contributed by atoms with van der Waals surface area (Å²) in [6.07, 6.45) is 0.908. The van der Waals surface area contributed by atoms with Gasteiger partial charge in [0.15, 0.2) is 6.61 Å². The van der Waals surface area contributed by atoms with E-state index >= 15 is 0 Å². The van der Waals surface area contributed by atoms with Gasteiger partial charge in [0, 0.05) is 6.54 Å². The summed E-state index contributed by atoms with van der Waals surface area (Å²) in [5, 5.41) is 2.79. The summed E-state index contributed by atoms with van der Waals surface area (Å²) in [6, 6.07) is 11.6. The van der Waals surface area contributed by atoms with Crippen LogP contribution in [0.25, 0.3) is 0 Å². The summed E-state index contributed by atoms with van der Waals surface area (Å²) >= 11 is 0. The van der Waals surface area contributed by atoms with Crippen molar-refractivity contribution in [3.63, 3.8) is 0 Å². The van der Waals surface area contributed by atoms with Crippen LogP contribution >= 0.6 is 0 Å². The SMILES string of the molecule is Cc1ccc(C)c(NS(=O)(=O)c2ccc(OCC(=O)NCCC(C)C)cc2)c1. The predicted molar refractivity (Wildman–Crippen MR) is 111 cm³/mol. The molecule has 0 aromatic heterocycles. The number of carbonyl (C=O) groups excluding carboxylic acids is 1. The molecule has 0 aliphatic rings. The van der Waals surface area contributed by atoms with Gasteiger partial charge in [0.1, 0.15) is 5.75 Å². The van der Waals surface area contributed by atoms with E-state index in [0.717, 1.165) is 17.5 Å². The van der Waals surface area contributed by atoms with Crippen LogP contribution in [-0.2, 0) is 14.8 Å². The van der Waals surface area contributed by atoms with Gasteiger partial charge in [0.25, 0.3) is 15.9 Å². The molecular weight excluding hydrogens is 376 g/mol. The molecule has 2 aromatic rings. The first-order valence-corrected chi connectivity index (χ1v) is 10.8. The largest absolute Gasteiger partial charge is 0.484 e. The normalized spacial score (nSPS) is 11.3. The van der Waals surface area contributed by atoms with Crippen molar-refractivity contribution in [3.05, 3.63) is 53.6 Å². The van der Waals surface area contributed by atoms with E-state index in [1.807, 2.05) is 26.0 Å². The highest BCUT2D eigenvalue weighted by Crippen LogP contribution is 2.22. The molecule has 6 nitrogen and oxygen atoms in total. The van der Waals surface area contributed by atoms with Gasteiger partial charge in [-0.3, -0.25) is 9.52 Å². The molecule has 2 N–H and O–H groups in total. The highest BCUT2D eigenvalue weighted by Gasteiger charge is 2.15. The van der Waals surface area contributed by atoms with Crippen molar-refractivity contribution in [2.45, 2.75) is 39.0 Å². The Bertz CT molecular complexity index is 907. The standard InChI is InChI=1S/C21H28N2O4S/c1-15(2)11-12-22-21(24)14-27-18-7-9-19(10-8-18)28(25,26)23-20-13-16(3)5-6-17(20)4/h5-10,13,15,23H,11-12,14H2,1-4H3,(H,22,24). The average Bonchev–Trinajstić information content (AvgIpc) is 2.63. The Balaban J connectivity index is 1.95. The van der Waals surface area contributed by atoms with Crippen LogP contribution in [0.4, 0.5) is 5.69 Å². The van der Waals surface area contributed by atoms with Crippen molar-refractivity contribution >= 4 is 21.6 Å². The van der Waals surface area contributed by atoms with Gasteiger partial charge in [-0.2, -0.15) is 0 Å². The number of ether oxygens (including phenoxy) is 1. The first-order chi connectivity index (χ1) is 13.2. The smallest absolute Gasteiger partial charge is 0.261 e. The maximum atomic E-state index is 12.6. The number of benzene rings is 2. The molecule has 1 amide bonds. The molecule has 0 unspecified atom stereocenters. The highest BCUT2D eigenvalue weighted by atomic mass is 32.2. The molecule has 0 fully saturated rings. The van der Waals surface area contributed by atoms with Crippen LogP contribution in [0, 0.1) is 19.8 Å². The molecule has 28 heavy (non-hydrogen) atoms. The first kappa shape index (κ1) is 21.8. The van der Waals surface area contributed by atoms with Gasteiger partial charge in [0.05, 0.1) is 10.6 Å². The van der Waals surface area contributed by atoms with Crippen molar-refractivity contribution in [2.75, 3.05) is 17.9 Å². The Morgan fingerprint density at radius 3 is 2.39 bits per heavy atom. The molecule has 0 atom stereocenters. The molecule has 0 saturated carbocycles. The van der Waals surface area contributed by atoms with E-state index in [9.17, 15) is 13.2 Å². The first-order valence-electron chi connectivity index (χ1n) is 9.27. The second-order valence-corrected chi connectivity index (χ2v) is 8.90. The third-order valence-corrected chi connectivity index (χ3v) is 5.57. The van der Waals surface area contributed by atoms with E-state index in [2.05, 4.69) is 23.9 Å². The Hall–Kier alpha value is -2.54. The second kappa shape index (κ2) is 9.59. The minimum atomic E-state index is -3.71. The van der Waals surface area contributed by atoms with Gasteiger partial charge in [-0.05, 0) is 67.6 Å². The van der Waals surface area contributed by atoms with Crippen molar-refractivity contribution in [2.24, 2.45) is 5.92 Å². The van der Waals surface area contributed by atoms with Crippen LogP contribution in [0.15, 0.2) is 47.4 Å². The Labute approximate surface area is 167 Å². The third kappa shape index (κ3) is 6.56. The predicted octanol–water partition coefficient (Wildman–Crippen LogP) is 3.65. The average molecular weight is 405 g/mol.